The van der Waals surface area contributed by atoms with E-state index >= 15 is 0 Å². The second kappa shape index (κ2) is 6.87. The van der Waals surface area contributed by atoms with E-state index in [1.54, 1.807) is 24.3 Å². The highest BCUT2D eigenvalue weighted by molar-refractivity contribution is 7.99. The van der Waals surface area contributed by atoms with Crippen LogP contribution in [0.3, 0.4) is 0 Å². The van der Waals surface area contributed by atoms with Crippen molar-refractivity contribution < 1.29 is 14.7 Å². The number of carbonyl (C=O) groups excluding carboxylic acids is 1. The van der Waals surface area contributed by atoms with Crippen molar-refractivity contribution in [2.75, 3.05) is 17.3 Å². The fourth-order valence-corrected chi connectivity index (χ4v) is 4.10. The number of nitrogens with zero attached hydrogens (tertiary/aromatic N) is 1. The molecule has 0 spiro atoms. The third kappa shape index (κ3) is 3.52. The number of carbonyl (C=O) groups is 2. The molecular weight excluding hydrogens is 308 g/mol. The van der Waals surface area contributed by atoms with Crippen LogP contribution in [0, 0.1) is 11.3 Å². The van der Waals surface area contributed by atoms with Crippen molar-refractivity contribution in [2.45, 2.75) is 16.9 Å². The summed E-state index contributed by atoms with van der Waals surface area (Å²) in [5.41, 5.74) is -0.773. The summed E-state index contributed by atoms with van der Waals surface area (Å²) in [6, 6.07) is 8.93. The minimum absolute atomic E-state index is 0.240. The first-order valence-electron chi connectivity index (χ1n) is 6.31. The van der Waals surface area contributed by atoms with Crippen molar-refractivity contribution in [2.24, 2.45) is 0 Å². The van der Waals surface area contributed by atoms with Gasteiger partial charge in [-0.1, -0.05) is 12.1 Å². The predicted molar refractivity (Wildman–Crippen MR) is 82.6 cm³/mol. The van der Waals surface area contributed by atoms with Crippen molar-refractivity contribution >= 4 is 35.4 Å². The Morgan fingerprint density at radius 3 is 2.86 bits per heavy atom. The lowest BCUT2D eigenvalue weighted by molar-refractivity contribution is -0.143. The number of hydrogen-bond acceptors (Lipinski definition) is 5. The van der Waals surface area contributed by atoms with Crippen LogP contribution in [0.4, 0.5) is 0 Å². The molecule has 0 saturated carbocycles. The fourth-order valence-electron chi connectivity index (χ4n) is 2.06. The van der Waals surface area contributed by atoms with Crippen LogP contribution in [0.1, 0.15) is 16.8 Å². The number of nitriles is 1. The van der Waals surface area contributed by atoms with Gasteiger partial charge in [0.2, 0.25) is 0 Å². The molecule has 1 amide bonds. The molecule has 0 radical (unpaired) electrons. The third-order valence-corrected chi connectivity index (χ3v) is 5.34. The first-order valence-corrected chi connectivity index (χ1v) is 8.45. The Labute approximate surface area is 131 Å². The van der Waals surface area contributed by atoms with Gasteiger partial charge in [-0.3, -0.25) is 4.79 Å². The number of benzene rings is 1. The Bertz CT molecular complexity index is 592. The van der Waals surface area contributed by atoms with Crippen molar-refractivity contribution in [1.82, 2.24) is 5.32 Å². The van der Waals surface area contributed by atoms with Crippen molar-refractivity contribution in [3.63, 3.8) is 0 Å². The molecule has 7 heteroatoms. The topological polar surface area (TPSA) is 90.2 Å². The maximum Gasteiger partial charge on any atom is 0.330 e. The van der Waals surface area contributed by atoms with Gasteiger partial charge in [-0.2, -0.15) is 17.0 Å². The Kier molecular flexibility index (Phi) is 5.15. The molecule has 0 aliphatic carbocycles. The van der Waals surface area contributed by atoms with Crippen molar-refractivity contribution in [1.29, 1.82) is 5.26 Å². The molecule has 2 N–H and O–H groups in total. The van der Waals surface area contributed by atoms with E-state index in [2.05, 4.69) is 5.32 Å². The summed E-state index contributed by atoms with van der Waals surface area (Å²) in [4.78, 5) is 24.6. The number of carboxylic acids is 1. The lowest BCUT2D eigenvalue weighted by Crippen LogP contribution is -2.54. The monoisotopic (exact) mass is 322 g/mol. The number of aliphatic carboxylic acids is 1. The summed E-state index contributed by atoms with van der Waals surface area (Å²) < 4.78 is 0. The Hall–Kier alpha value is -1.65. The normalized spacial score (nSPS) is 20.7. The molecule has 1 fully saturated rings. The maximum atomic E-state index is 12.4. The first-order chi connectivity index (χ1) is 10.1. The zero-order valence-electron chi connectivity index (χ0n) is 11.2. The minimum atomic E-state index is -1.19. The van der Waals surface area contributed by atoms with Gasteiger partial charge in [0, 0.05) is 10.6 Å². The number of rotatable bonds is 5. The number of amides is 1. The first kappa shape index (κ1) is 15.7. The number of hydrogen-bond donors (Lipinski definition) is 2. The summed E-state index contributed by atoms with van der Waals surface area (Å²) >= 11 is 2.79. The van der Waals surface area contributed by atoms with Gasteiger partial charge in [-0.05, 0) is 24.3 Å². The largest absolute Gasteiger partial charge is 0.479 e. The maximum absolute atomic E-state index is 12.4. The molecule has 0 bridgehead atoms. The van der Waals surface area contributed by atoms with Gasteiger partial charge in [-0.15, -0.1) is 11.8 Å². The van der Waals surface area contributed by atoms with Crippen LogP contribution in [0.15, 0.2) is 29.2 Å². The van der Waals surface area contributed by atoms with E-state index < -0.39 is 17.4 Å². The molecule has 1 aromatic carbocycles. The van der Waals surface area contributed by atoms with E-state index in [0.29, 0.717) is 22.6 Å². The smallest absolute Gasteiger partial charge is 0.330 e. The third-order valence-electron chi connectivity index (χ3n) is 3.21. The molecule has 1 aliphatic heterocycles. The zero-order chi connectivity index (χ0) is 15.3. The summed E-state index contributed by atoms with van der Waals surface area (Å²) in [6.07, 6.45) is 0.423. The van der Waals surface area contributed by atoms with Gasteiger partial charge in [0.05, 0.1) is 17.4 Å². The van der Waals surface area contributed by atoms with Gasteiger partial charge in [0.25, 0.3) is 5.91 Å². The van der Waals surface area contributed by atoms with E-state index in [1.807, 2.05) is 6.07 Å². The average molecular weight is 322 g/mol. The van der Waals surface area contributed by atoms with Crippen LogP contribution in [0.25, 0.3) is 0 Å². The molecule has 1 aromatic rings. The molecular formula is C14H14N2O3S2. The highest BCUT2D eigenvalue weighted by Gasteiger charge is 2.43. The predicted octanol–water partition coefficient (Wildman–Crippen LogP) is 1.99. The molecule has 0 aromatic heterocycles. The Balaban J connectivity index is 2.20. The Morgan fingerprint density at radius 2 is 2.24 bits per heavy atom. The molecule has 1 unspecified atom stereocenters. The summed E-state index contributed by atoms with van der Waals surface area (Å²) in [6.45, 7) is 0. The molecule has 2 rings (SSSR count). The number of nitrogens with one attached hydrogen (secondary N) is 1. The van der Waals surface area contributed by atoms with Crippen molar-refractivity contribution in [3.8, 4) is 6.07 Å². The highest BCUT2D eigenvalue weighted by atomic mass is 32.2. The van der Waals surface area contributed by atoms with Crippen LogP contribution < -0.4 is 5.32 Å². The van der Waals surface area contributed by atoms with Gasteiger partial charge in [0.15, 0.2) is 0 Å². The summed E-state index contributed by atoms with van der Waals surface area (Å²) in [5, 5.41) is 20.7. The van der Waals surface area contributed by atoms with E-state index in [-0.39, 0.29) is 5.75 Å². The molecule has 5 nitrogen and oxygen atoms in total. The molecule has 1 heterocycles. The van der Waals surface area contributed by atoms with E-state index in [9.17, 15) is 14.7 Å². The molecule has 1 aliphatic rings. The molecule has 21 heavy (non-hydrogen) atoms. The molecule has 1 saturated heterocycles. The quantitative estimate of drug-likeness (QED) is 0.806. The highest BCUT2D eigenvalue weighted by Crippen LogP contribution is 2.29. The summed E-state index contributed by atoms with van der Waals surface area (Å²) in [7, 11) is 0. The van der Waals surface area contributed by atoms with Crippen LogP contribution in [-0.4, -0.2) is 39.8 Å². The van der Waals surface area contributed by atoms with Crippen LogP contribution in [-0.2, 0) is 4.79 Å². The van der Waals surface area contributed by atoms with E-state index in [1.165, 1.54) is 23.5 Å². The van der Waals surface area contributed by atoms with Crippen LogP contribution in [0.5, 0.6) is 0 Å². The second-order valence-corrected chi connectivity index (χ2v) is 6.71. The second-order valence-electron chi connectivity index (χ2n) is 4.59. The summed E-state index contributed by atoms with van der Waals surface area (Å²) in [5.74, 6) is -0.0626. The van der Waals surface area contributed by atoms with Gasteiger partial charge < -0.3 is 10.4 Å². The van der Waals surface area contributed by atoms with Crippen LogP contribution in [0.2, 0.25) is 0 Å². The fraction of sp³-hybridized carbons (Fsp3) is 0.357. The van der Waals surface area contributed by atoms with Crippen LogP contribution >= 0.6 is 23.5 Å². The van der Waals surface area contributed by atoms with Gasteiger partial charge in [0.1, 0.15) is 5.54 Å². The lowest BCUT2D eigenvalue weighted by Gasteiger charge is -2.25. The van der Waals surface area contributed by atoms with Gasteiger partial charge >= 0.3 is 5.97 Å². The van der Waals surface area contributed by atoms with Gasteiger partial charge in [-0.25, -0.2) is 4.79 Å². The SMILES string of the molecule is N#CCSc1ccccc1C(=O)NC1(C(=O)O)CCSC1. The Morgan fingerprint density at radius 1 is 1.48 bits per heavy atom. The zero-order valence-corrected chi connectivity index (χ0v) is 12.8. The standard InChI is InChI=1S/C14H14N2O3S2/c15-6-8-21-11-4-2-1-3-10(11)12(17)16-14(13(18)19)5-7-20-9-14/h1-4H,5,7-9H2,(H,16,17)(H,18,19). The average Bonchev–Trinajstić information content (AvgIpc) is 2.95. The van der Waals surface area contributed by atoms with Crippen molar-refractivity contribution in [3.05, 3.63) is 29.8 Å². The van der Waals surface area contributed by atoms with E-state index in [0.717, 1.165) is 5.75 Å². The number of thioether (sulfide) groups is 2. The molecule has 1 atom stereocenters. The lowest BCUT2D eigenvalue weighted by atomic mass is 9.98. The minimum Gasteiger partial charge on any atom is -0.479 e. The number of carboxylic acid groups (broad SMARTS) is 1. The van der Waals surface area contributed by atoms with E-state index in [4.69, 9.17) is 5.26 Å². The molecule has 110 valence electrons.